The standard InChI is InChI=1S/C19H16Cl2N6S/c1-27(2)8-11-6-15(24-9-23-11)26-19-18-17(25-10-28-18)12(7-22-19)16-13(20)4-3-5-14(16)21/h3-7,9-10H,8H2,1-2H3,(H,22,23,24,26). The van der Waals surface area contributed by atoms with Crippen molar-refractivity contribution in [1.82, 2.24) is 24.8 Å². The SMILES string of the molecule is CN(C)Cc1cc(Nc2ncc(-c3c(Cl)cccc3Cl)c3ncsc23)ncn1. The van der Waals surface area contributed by atoms with Crippen LogP contribution in [-0.2, 0) is 6.54 Å². The normalized spacial score (nSPS) is 11.3. The van der Waals surface area contributed by atoms with Crippen molar-refractivity contribution in [3.8, 4) is 11.1 Å². The Morgan fingerprint density at radius 1 is 1.07 bits per heavy atom. The van der Waals surface area contributed by atoms with Crippen molar-refractivity contribution in [1.29, 1.82) is 0 Å². The maximum atomic E-state index is 6.39. The van der Waals surface area contributed by atoms with Crippen LogP contribution in [0.5, 0.6) is 0 Å². The van der Waals surface area contributed by atoms with E-state index in [2.05, 4.69) is 25.3 Å². The molecule has 3 heterocycles. The Morgan fingerprint density at radius 3 is 2.61 bits per heavy atom. The van der Waals surface area contributed by atoms with E-state index in [9.17, 15) is 0 Å². The molecule has 1 N–H and O–H groups in total. The minimum atomic E-state index is 0.563. The largest absolute Gasteiger partial charge is 0.324 e. The van der Waals surface area contributed by atoms with E-state index in [0.29, 0.717) is 21.7 Å². The molecule has 0 aliphatic rings. The molecule has 4 aromatic rings. The average molecular weight is 431 g/mol. The van der Waals surface area contributed by atoms with Crippen LogP contribution in [0.4, 0.5) is 11.6 Å². The number of hydrogen-bond donors (Lipinski definition) is 1. The van der Waals surface area contributed by atoms with Crippen LogP contribution in [0, 0.1) is 0 Å². The van der Waals surface area contributed by atoms with Gasteiger partial charge in [-0.2, -0.15) is 0 Å². The first kappa shape index (κ1) is 19.0. The molecule has 3 aromatic heterocycles. The molecule has 0 unspecified atom stereocenters. The number of thiazole rings is 1. The number of nitrogens with zero attached hydrogens (tertiary/aromatic N) is 5. The molecule has 0 fully saturated rings. The first-order chi connectivity index (χ1) is 13.5. The van der Waals surface area contributed by atoms with Gasteiger partial charge in [0, 0.05) is 29.9 Å². The van der Waals surface area contributed by atoms with Crippen molar-refractivity contribution in [2.75, 3.05) is 19.4 Å². The van der Waals surface area contributed by atoms with Crippen molar-refractivity contribution in [3.05, 3.63) is 58.0 Å². The van der Waals surface area contributed by atoms with E-state index in [-0.39, 0.29) is 0 Å². The number of aromatic nitrogens is 4. The van der Waals surface area contributed by atoms with Gasteiger partial charge in [0.05, 0.1) is 31.5 Å². The van der Waals surface area contributed by atoms with Gasteiger partial charge in [0.25, 0.3) is 0 Å². The third-order valence-electron chi connectivity index (χ3n) is 4.04. The second-order valence-electron chi connectivity index (χ2n) is 6.40. The van der Waals surface area contributed by atoms with Crippen molar-refractivity contribution < 1.29 is 0 Å². The summed E-state index contributed by atoms with van der Waals surface area (Å²) in [5.74, 6) is 1.36. The third kappa shape index (κ3) is 3.79. The molecule has 0 aliphatic heterocycles. The summed E-state index contributed by atoms with van der Waals surface area (Å²) in [4.78, 5) is 19.8. The molecule has 0 aliphatic carbocycles. The number of pyridine rings is 1. The molecule has 0 radical (unpaired) electrons. The number of halogens is 2. The van der Waals surface area contributed by atoms with Crippen molar-refractivity contribution in [3.63, 3.8) is 0 Å². The molecule has 0 bridgehead atoms. The van der Waals surface area contributed by atoms with Gasteiger partial charge < -0.3 is 10.2 Å². The lowest BCUT2D eigenvalue weighted by atomic mass is 10.1. The highest BCUT2D eigenvalue weighted by Crippen LogP contribution is 2.40. The van der Waals surface area contributed by atoms with E-state index in [1.165, 1.54) is 11.3 Å². The summed E-state index contributed by atoms with van der Waals surface area (Å²) < 4.78 is 0.904. The molecule has 6 nitrogen and oxygen atoms in total. The fourth-order valence-corrected chi connectivity index (χ4v) is 4.23. The Bertz CT molecular complexity index is 1120. The number of fused-ring (bicyclic) bond motifs is 1. The summed E-state index contributed by atoms with van der Waals surface area (Å²) in [6.45, 7) is 0.727. The Balaban J connectivity index is 1.74. The van der Waals surface area contributed by atoms with Gasteiger partial charge in [-0.3, -0.25) is 0 Å². The molecule has 4 rings (SSSR count). The highest BCUT2D eigenvalue weighted by molar-refractivity contribution is 7.17. The van der Waals surface area contributed by atoms with Gasteiger partial charge in [-0.25, -0.2) is 19.9 Å². The van der Waals surface area contributed by atoms with Gasteiger partial charge in [0.15, 0.2) is 5.82 Å². The third-order valence-corrected chi connectivity index (χ3v) is 5.50. The monoisotopic (exact) mass is 430 g/mol. The minimum Gasteiger partial charge on any atom is -0.324 e. The molecule has 9 heteroatoms. The zero-order chi connectivity index (χ0) is 19.7. The van der Waals surface area contributed by atoms with E-state index in [4.69, 9.17) is 23.2 Å². The van der Waals surface area contributed by atoms with Crippen LogP contribution in [0.15, 0.2) is 42.3 Å². The number of benzene rings is 1. The minimum absolute atomic E-state index is 0.563. The average Bonchev–Trinajstić information content (AvgIpc) is 3.13. The summed E-state index contributed by atoms with van der Waals surface area (Å²) >= 11 is 14.3. The molecule has 0 saturated carbocycles. The van der Waals surface area contributed by atoms with Crippen molar-refractivity contribution in [2.45, 2.75) is 6.54 Å². The Labute approximate surface area is 176 Å². The maximum absolute atomic E-state index is 6.39. The Morgan fingerprint density at radius 2 is 1.86 bits per heavy atom. The summed E-state index contributed by atoms with van der Waals surface area (Å²) in [6.07, 6.45) is 3.28. The molecule has 28 heavy (non-hydrogen) atoms. The molecular weight excluding hydrogens is 415 g/mol. The molecular formula is C19H16Cl2N6S. The summed E-state index contributed by atoms with van der Waals surface area (Å²) in [7, 11) is 3.99. The van der Waals surface area contributed by atoms with Crippen molar-refractivity contribution in [2.24, 2.45) is 0 Å². The van der Waals surface area contributed by atoms with Gasteiger partial charge >= 0.3 is 0 Å². The summed E-state index contributed by atoms with van der Waals surface area (Å²) in [5.41, 5.74) is 5.02. The topological polar surface area (TPSA) is 66.8 Å². The summed E-state index contributed by atoms with van der Waals surface area (Å²) in [6, 6.07) is 7.34. The maximum Gasteiger partial charge on any atom is 0.151 e. The van der Waals surface area contributed by atoms with E-state index in [1.54, 1.807) is 30.2 Å². The first-order valence-electron chi connectivity index (χ1n) is 8.42. The van der Waals surface area contributed by atoms with Gasteiger partial charge in [0.1, 0.15) is 12.1 Å². The fraction of sp³-hybridized carbons (Fsp3) is 0.158. The smallest absolute Gasteiger partial charge is 0.151 e. The number of nitrogens with one attached hydrogen (secondary N) is 1. The van der Waals surface area contributed by atoms with Gasteiger partial charge in [-0.05, 0) is 26.2 Å². The molecule has 0 spiro atoms. The van der Waals surface area contributed by atoms with E-state index >= 15 is 0 Å². The summed E-state index contributed by atoms with van der Waals surface area (Å²) in [5, 5.41) is 4.41. The number of anilines is 2. The molecule has 142 valence electrons. The van der Waals surface area contributed by atoms with Crippen LogP contribution in [0.1, 0.15) is 5.69 Å². The first-order valence-corrected chi connectivity index (χ1v) is 10.1. The highest BCUT2D eigenvalue weighted by Gasteiger charge is 2.17. The van der Waals surface area contributed by atoms with E-state index in [1.807, 2.05) is 31.1 Å². The van der Waals surface area contributed by atoms with E-state index in [0.717, 1.165) is 33.6 Å². The lowest BCUT2D eigenvalue weighted by molar-refractivity contribution is 0.396. The second kappa shape index (κ2) is 7.97. The molecule has 1 aromatic carbocycles. The van der Waals surface area contributed by atoms with Crippen LogP contribution < -0.4 is 5.32 Å². The number of hydrogen-bond acceptors (Lipinski definition) is 7. The number of rotatable bonds is 5. The van der Waals surface area contributed by atoms with Crippen LogP contribution >= 0.6 is 34.5 Å². The van der Waals surface area contributed by atoms with Crippen LogP contribution in [0.25, 0.3) is 21.3 Å². The van der Waals surface area contributed by atoms with Crippen molar-refractivity contribution >= 4 is 56.4 Å². The molecule has 0 amide bonds. The highest BCUT2D eigenvalue weighted by atomic mass is 35.5. The zero-order valence-corrected chi connectivity index (χ0v) is 17.5. The van der Waals surface area contributed by atoms with Gasteiger partial charge in [0.2, 0.25) is 0 Å². The van der Waals surface area contributed by atoms with E-state index < -0.39 is 0 Å². The van der Waals surface area contributed by atoms with Gasteiger partial charge in [-0.15, -0.1) is 11.3 Å². The molecule has 0 atom stereocenters. The van der Waals surface area contributed by atoms with Gasteiger partial charge in [-0.1, -0.05) is 29.3 Å². The Hall–Kier alpha value is -2.32. The predicted octanol–water partition coefficient (Wildman–Crippen LogP) is 5.26. The predicted molar refractivity (Wildman–Crippen MR) is 116 cm³/mol. The Kier molecular flexibility index (Phi) is 5.41. The second-order valence-corrected chi connectivity index (χ2v) is 8.07. The van der Waals surface area contributed by atoms with Crippen LogP contribution in [0.3, 0.4) is 0 Å². The molecule has 0 saturated heterocycles. The quantitative estimate of drug-likeness (QED) is 0.465. The lowest BCUT2D eigenvalue weighted by Gasteiger charge is -2.12. The fourth-order valence-electron chi connectivity index (χ4n) is 2.88. The van der Waals surface area contributed by atoms with Crippen LogP contribution in [-0.4, -0.2) is 38.9 Å². The zero-order valence-electron chi connectivity index (χ0n) is 15.1. The van der Waals surface area contributed by atoms with Crippen LogP contribution in [0.2, 0.25) is 10.0 Å². The lowest BCUT2D eigenvalue weighted by Crippen LogP contribution is -2.12.